The lowest BCUT2D eigenvalue weighted by molar-refractivity contribution is 0.215. The zero-order valence-corrected chi connectivity index (χ0v) is 14.6. The molecule has 2 aliphatic rings. The maximum atomic E-state index is 6.17. The fourth-order valence-electron chi connectivity index (χ4n) is 2.74. The van der Waals surface area contributed by atoms with Gasteiger partial charge in [-0.15, -0.1) is 0 Å². The summed E-state index contributed by atoms with van der Waals surface area (Å²) in [6.45, 7) is 4.19. The Bertz CT molecular complexity index is 733. The van der Waals surface area contributed by atoms with E-state index in [1.165, 1.54) is 15.4 Å². The van der Waals surface area contributed by atoms with Crippen LogP contribution in [-0.4, -0.2) is 48.9 Å². The summed E-state index contributed by atoms with van der Waals surface area (Å²) >= 11 is 9.70. The highest BCUT2D eigenvalue weighted by Crippen LogP contribution is 2.43. The van der Waals surface area contributed by atoms with Gasteiger partial charge in [-0.1, -0.05) is 23.4 Å². The molecule has 0 radical (unpaired) electrons. The molecule has 3 heterocycles. The smallest absolute Gasteiger partial charge is 0.138 e. The molecule has 0 spiro atoms. The first-order valence-corrected chi connectivity index (χ1v) is 9.40. The number of likely N-dealkylation sites (N-methyl/N-ethyl adjacent to an activating group) is 1. The van der Waals surface area contributed by atoms with Crippen LogP contribution in [0.4, 0.5) is 5.69 Å². The van der Waals surface area contributed by atoms with Gasteiger partial charge in [-0.05, 0) is 25.2 Å². The van der Waals surface area contributed by atoms with Crippen LogP contribution in [0.15, 0.2) is 43.7 Å². The molecule has 0 bridgehead atoms. The van der Waals surface area contributed by atoms with Crippen LogP contribution in [0.3, 0.4) is 0 Å². The Morgan fingerprint density at radius 2 is 1.91 bits per heavy atom. The van der Waals surface area contributed by atoms with E-state index in [1.807, 2.05) is 12.1 Å². The van der Waals surface area contributed by atoms with Crippen molar-refractivity contribution in [3.63, 3.8) is 0 Å². The maximum absolute atomic E-state index is 6.17. The Hall–Kier alpha value is -1.01. The highest BCUT2D eigenvalue weighted by atomic mass is 35.5. The minimum Gasteiger partial charge on any atom is -0.353 e. The minimum absolute atomic E-state index is 0.741. The summed E-state index contributed by atoms with van der Waals surface area (Å²) in [6.07, 6.45) is 0. The fourth-order valence-corrected chi connectivity index (χ4v) is 4.87. The van der Waals surface area contributed by atoms with Crippen LogP contribution in [0.1, 0.15) is 5.56 Å². The fraction of sp³-hybridized carbons (Fsp3) is 0.312. The second-order valence-electron chi connectivity index (χ2n) is 5.59. The van der Waals surface area contributed by atoms with E-state index in [0.717, 1.165) is 42.7 Å². The normalized spacial score (nSPS) is 18.5. The first-order valence-electron chi connectivity index (χ1n) is 7.27. The number of thiophene rings is 1. The predicted molar refractivity (Wildman–Crippen MR) is 95.2 cm³/mol. The number of fused-ring (bicyclic) bond motifs is 2. The van der Waals surface area contributed by atoms with Crippen LogP contribution in [0.2, 0.25) is 5.02 Å². The van der Waals surface area contributed by atoms with Gasteiger partial charge in [0.1, 0.15) is 5.84 Å². The van der Waals surface area contributed by atoms with Crippen molar-refractivity contribution in [1.29, 1.82) is 0 Å². The third-order valence-electron chi connectivity index (χ3n) is 4.04. The largest absolute Gasteiger partial charge is 0.353 e. The van der Waals surface area contributed by atoms with Crippen molar-refractivity contribution in [3.05, 3.63) is 39.5 Å². The number of hydrogen-bond donors (Lipinski definition) is 0. The van der Waals surface area contributed by atoms with E-state index in [1.54, 1.807) is 23.1 Å². The second kappa shape index (κ2) is 5.89. The van der Waals surface area contributed by atoms with Crippen molar-refractivity contribution in [2.24, 2.45) is 4.99 Å². The number of amidine groups is 1. The molecule has 0 atom stereocenters. The molecular formula is C16H16ClN3S2. The van der Waals surface area contributed by atoms with Crippen LogP contribution in [0.25, 0.3) is 0 Å². The lowest BCUT2D eigenvalue weighted by atomic mass is 10.2. The van der Waals surface area contributed by atoms with E-state index in [9.17, 15) is 0 Å². The SMILES string of the molecule is CN1CCN(C2=Nc3cc(Cl)ccc3Sc3cscc32)CC1. The van der Waals surface area contributed by atoms with Gasteiger partial charge in [-0.2, -0.15) is 11.3 Å². The molecule has 22 heavy (non-hydrogen) atoms. The number of benzene rings is 1. The molecule has 0 N–H and O–H groups in total. The third-order valence-corrected chi connectivity index (χ3v) is 6.29. The van der Waals surface area contributed by atoms with E-state index >= 15 is 0 Å². The average molecular weight is 350 g/mol. The Morgan fingerprint density at radius 1 is 1.09 bits per heavy atom. The number of halogens is 1. The number of aliphatic imine (C=N–C) groups is 1. The Kier molecular flexibility index (Phi) is 3.90. The van der Waals surface area contributed by atoms with Crippen molar-refractivity contribution in [3.8, 4) is 0 Å². The van der Waals surface area contributed by atoms with Gasteiger partial charge in [-0.3, -0.25) is 0 Å². The quantitative estimate of drug-likeness (QED) is 0.710. The van der Waals surface area contributed by atoms with Gasteiger partial charge in [0.05, 0.1) is 5.69 Å². The number of hydrogen-bond acceptors (Lipinski definition) is 5. The van der Waals surface area contributed by atoms with Crippen LogP contribution >= 0.6 is 34.7 Å². The van der Waals surface area contributed by atoms with E-state index in [-0.39, 0.29) is 0 Å². The lowest BCUT2D eigenvalue weighted by Gasteiger charge is -2.34. The Labute approximate surface area is 143 Å². The molecule has 2 aromatic rings. The topological polar surface area (TPSA) is 18.8 Å². The van der Waals surface area contributed by atoms with E-state index < -0.39 is 0 Å². The van der Waals surface area contributed by atoms with Gasteiger partial charge >= 0.3 is 0 Å². The summed E-state index contributed by atoms with van der Waals surface area (Å²) < 4.78 is 0. The summed E-state index contributed by atoms with van der Waals surface area (Å²) in [5, 5.41) is 5.17. The molecule has 0 unspecified atom stereocenters. The van der Waals surface area contributed by atoms with Crippen molar-refractivity contribution in [2.75, 3.05) is 33.2 Å². The first kappa shape index (κ1) is 14.6. The average Bonchev–Trinajstić information content (AvgIpc) is 2.91. The first-order chi connectivity index (χ1) is 10.7. The second-order valence-corrected chi connectivity index (χ2v) is 7.85. The van der Waals surface area contributed by atoms with E-state index in [4.69, 9.17) is 16.6 Å². The molecule has 0 saturated carbocycles. The highest BCUT2D eigenvalue weighted by molar-refractivity contribution is 7.99. The maximum Gasteiger partial charge on any atom is 0.138 e. The predicted octanol–water partition coefficient (Wildman–Crippen LogP) is 4.19. The number of rotatable bonds is 0. The number of nitrogens with zero attached hydrogens (tertiary/aromatic N) is 3. The molecule has 1 fully saturated rings. The molecule has 0 amide bonds. The van der Waals surface area contributed by atoms with Crippen LogP contribution in [-0.2, 0) is 0 Å². The zero-order chi connectivity index (χ0) is 15.1. The van der Waals surface area contributed by atoms with Crippen LogP contribution < -0.4 is 0 Å². The van der Waals surface area contributed by atoms with Crippen molar-refractivity contribution >= 4 is 46.2 Å². The third kappa shape index (κ3) is 2.67. The Morgan fingerprint density at radius 3 is 2.73 bits per heavy atom. The van der Waals surface area contributed by atoms with Crippen LogP contribution in [0, 0.1) is 0 Å². The van der Waals surface area contributed by atoms with E-state index in [2.05, 4.69) is 33.7 Å². The highest BCUT2D eigenvalue weighted by Gasteiger charge is 2.25. The van der Waals surface area contributed by atoms with Crippen molar-refractivity contribution in [2.45, 2.75) is 9.79 Å². The summed E-state index contributed by atoms with van der Waals surface area (Å²) in [5.41, 5.74) is 2.24. The standard InChI is InChI=1S/C16H16ClN3S2/c1-19-4-6-20(7-5-19)16-12-9-21-10-15(12)22-14-3-2-11(17)8-13(14)18-16/h2-3,8-10H,4-7H2,1H3. The van der Waals surface area contributed by atoms with Gasteiger partial charge < -0.3 is 9.80 Å². The zero-order valence-electron chi connectivity index (χ0n) is 12.3. The van der Waals surface area contributed by atoms with Gasteiger partial charge in [0.2, 0.25) is 0 Å². The van der Waals surface area contributed by atoms with Gasteiger partial charge in [0, 0.05) is 57.3 Å². The molecule has 3 nitrogen and oxygen atoms in total. The molecular weight excluding hydrogens is 334 g/mol. The van der Waals surface area contributed by atoms with Gasteiger partial charge in [-0.25, -0.2) is 4.99 Å². The summed E-state index contributed by atoms with van der Waals surface area (Å²) in [4.78, 5) is 12.2. The van der Waals surface area contributed by atoms with Crippen molar-refractivity contribution < 1.29 is 0 Å². The molecule has 114 valence electrons. The molecule has 2 aliphatic heterocycles. The molecule has 6 heteroatoms. The summed E-state index contributed by atoms with van der Waals surface area (Å²) in [6, 6.07) is 5.98. The van der Waals surface area contributed by atoms with Gasteiger partial charge in [0.15, 0.2) is 0 Å². The van der Waals surface area contributed by atoms with Crippen LogP contribution in [0.5, 0.6) is 0 Å². The lowest BCUT2D eigenvalue weighted by Crippen LogP contribution is -2.47. The summed E-state index contributed by atoms with van der Waals surface area (Å²) in [7, 11) is 2.17. The van der Waals surface area contributed by atoms with Crippen molar-refractivity contribution in [1.82, 2.24) is 9.80 Å². The summed E-state index contributed by atoms with van der Waals surface area (Å²) in [5.74, 6) is 1.10. The minimum atomic E-state index is 0.741. The number of piperazine rings is 1. The molecule has 1 aromatic carbocycles. The molecule has 1 saturated heterocycles. The van der Waals surface area contributed by atoms with Gasteiger partial charge in [0.25, 0.3) is 0 Å². The Balaban J connectivity index is 1.80. The molecule has 4 rings (SSSR count). The molecule has 1 aromatic heterocycles. The monoisotopic (exact) mass is 349 g/mol. The van der Waals surface area contributed by atoms with E-state index in [0.29, 0.717) is 0 Å². The molecule has 0 aliphatic carbocycles.